The molecule has 0 aliphatic carbocycles. The van der Waals surface area contributed by atoms with E-state index in [4.69, 9.17) is 0 Å². The van der Waals surface area contributed by atoms with Gasteiger partial charge in [0.05, 0.1) is 6.54 Å². The van der Waals surface area contributed by atoms with Crippen molar-refractivity contribution in [1.29, 1.82) is 0 Å². The lowest BCUT2D eigenvalue weighted by Crippen LogP contribution is -2.04. The van der Waals surface area contributed by atoms with Gasteiger partial charge in [-0.1, -0.05) is 65.9 Å². The quantitative estimate of drug-likeness (QED) is 0.718. The van der Waals surface area contributed by atoms with Gasteiger partial charge in [0.2, 0.25) is 5.95 Å². The van der Waals surface area contributed by atoms with Gasteiger partial charge in [-0.05, 0) is 5.56 Å². The number of aromatic nitrogens is 3. The molecule has 3 aromatic rings. The third-order valence-corrected chi connectivity index (χ3v) is 2.90. The van der Waals surface area contributed by atoms with Crippen LogP contribution in [0.3, 0.4) is 0 Å². The van der Waals surface area contributed by atoms with Gasteiger partial charge in [0.1, 0.15) is 5.69 Å². The second-order valence-electron chi connectivity index (χ2n) is 4.24. The summed E-state index contributed by atoms with van der Waals surface area (Å²) in [6.07, 6.45) is 0. The summed E-state index contributed by atoms with van der Waals surface area (Å²) in [7, 11) is 0. The summed E-state index contributed by atoms with van der Waals surface area (Å²) < 4.78 is 15.5. The average Bonchev–Trinajstić information content (AvgIpc) is 2.82. The standard InChI is InChI=1S/C15H12FN3/c16-15-14(13-9-5-2-6-10-13)17-18-19(15)11-12-7-3-1-4-8-12/h1-10H,11H2. The molecule has 0 amide bonds. The smallest absolute Gasteiger partial charge is 0.214 e. The minimum absolute atomic E-state index is 0.288. The van der Waals surface area contributed by atoms with E-state index in [0.717, 1.165) is 11.1 Å². The summed E-state index contributed by atoms with van der Waals surface area (Å²) in [5, 5.41) is 7.80. The van der Waals surface area contributed by atoms with E-state index in [0.29, 0.717) is 6.54 Å². The molecule has 3 rings (SSSR count). The van der Waals surface area contributed by atoms with Crippen LogP contribution >= 0.6 is 0 Å². The van der Waals surface area contributed by atoms with Crippen molar-refractivity contribution < 1.29 is 4.39 Å². The fourth-order valence-corrected chi connectivity index (χ4v) is 1.93. The van der Waals surface area contributed by atoms with Crippen LogP contribution in [-0.4, -0.2) is 15.0 Å². The fourth-order valence-electron chi connectivity index (χ4n) is 1.93. The van der Waals surface area contributed by atoms with Crippen LogP contribution in [0.25, 0.3) is 11.3 Å². The summed E-state index contributed by atoms with van der Waals surface area (Å²) in [5.74, 6) is -0.407. The molecule has 0 spiro atoms. The van der Waals surface area contributed by atoms with Gasteiger partial charge in [-0.15, -0.1) is 5.10 Å². The van der Waals surface area contributed by atoms with Gasteiger partial charge in [-0.25, -0.2) is 4.68 Å². The molecule has 0 saturated carbocycles. The summed E-state index contributed by atoms with van der Waals surface area (Å²) in [4.78, 5) is 0. The topological polar surface area (TPSA) is 30.7 Å². The second-order valence-corrected chi connectivity index (χ2v) is 4.24. The van der Waals surface area contributed by atoms with Gasteiger partial charge in [-0.3, -0.25) is 0 Å². The molecule has 0 radical (unpaired) electrons. The molecule has 0 N–H and O–H groups in total. The van der Waals surface area contributed by atoms with Crippen LogP contribution in [0.5, 0.6) is 0 Å². The van der Waals surface area contributed by atoms with E-state index in [9.17, 15) is 4.39 Å². The molecule has 94 valence electrons. The first-order valence-electron chi connectivity index (χ1n) is 6.03. The Kier molecular flexibility index (Phi) is 3.06. The van der Waals surface area contributed by atoms with Crippen LogP contribution in [0.15, 0.2) is 60.7 Å². The number of halogens is 1. The molecule has 0 atom stereocenters. The highest BCUT2D eigenvalue weighted by Crippen LogP contribution is 2.19. The normalized spacial score (nSPS) is 10.6. The minimum atomic E-state index is -0.407. The van der Waals surface area contributed by atoms with Crippen LogP contribution in [0.1, 0.15) is 5.56 Å². The van der Waals surface area contributed by atoms with Crippen LogP contribution in [0.4, 0.5) is 4.39 Å². The molecule has 0 unspecified atom stereocenters. The number of hydrogen-bond acceptors (Lipinski definition) is 2. The van der Waals surface area contributed by atoms with E-state index >= 15 is 0 Å². The average molecular weight is 253 g/mol. The summed E-state index contributed by atoms with van der Waals surface area (Å²) in [5.41, 5.74) is 2.02. The lowest BCUT2D eigenvalue weighted by atomic mass is 10.2. The van der Waals surface area contributed by atoms with Gasteiger partial charge in [0.25, 0.3) is 0 Å². The highest BCUT2D eigenvalue weighted by atomic mass is 19.1. The van der Waals surface area contributed by atoms with Crippen molar-refractivity contribution >= 4 is 0 Å². The largest absolute Gasteiger partial charge is 0.240 e. The van der Waals surface area contributed by atoms with E-state index in [2.05, 4.69) is 10.3 Å². The summed E-state index contributed by atoms with van der Waals surface area (Å²) in [6, 6.07) is 18.9. The van der Waals surface area contributed by atoms with Gasteiger partial charge in [-0.2, -0.15) is 4.39 Å². The van der Waals surface area contributed by atoms with E-state index in [-0.39, 0.29) is 5.69 Å². The fraction of sp³-hybridized carbons (Fsp3) is 0.0667. The highest BCUT2D eigenvalue weighted by molar-refractivity contribution is 5.57. The first kappa shape index (κ1) is 11.6. The molecular formula is C15H12FN3. The molecule has 0 saturated heterocycles. The SMILES string of the molecule is Fc1c(-c2ccccc2)nnn1Cc1ccccc1. The Bertz CT molecular complexity index is 662. The van der Waals surface area contributed by atoms with Crippen molar-refractivity contribution in [2.45, 2.75) is 6.54 Å². The van der Waals surface area contributed by atoms with E-state index in [1.807, 2.05) is 60.7 Å². The Morgan fingerprint density at radius 2 is 1.53 bits per heavy atom. The molecule has 4 heteroatoms. The third kappa shape index (κ3) is 2.38. The van der Waals surface area contributed by atoms with Crippen molar-refractivity contribution in [2.75, 3.05) is 0 Å². The molecule has 0 aliphatic rings. The van der Waals surface area contributed by atoms with Crippen LogP contribution in [-0.2, 0) is 6.54 Å². The van der Waals surface area contributed by atoms with E-state index in [1.165, 1.54) is 4.68 Å². The zero-order valence-corrected chi connectivity index (χ0v) is 10.2. The predicted molar refractivity (Wildman–Crippen MR) is 71.0 cm³/mol. The lowest BCUT2D eigenvalue weighted by molar-refractivity contribution is 0.477. The number of nitrogens with zero attached hydrogens (tertiary/aromatic N) is 3. The van der Waals surface area contributed by atoms with Gasteiger partial charge >= 0.3 is 0 Å². The molecule has 3 nitrogen and oxygen atoms in total. The maximum absolute atomic E-state index is 14.2. The number of hydrogen-bond donors (Lipinski definition) is 0. The summed E-state index contributed by atoms with van der Waals surface area (Å²) in [6.45, 7) is 0.381. The van der Waals surface area contributed by atoms with Crippen molar-refractivity contribution in [3.05, 3.63) is 72.2 Å². The van der Waals surface area contributed by atoms with Crippen molar-refractivity contribution in [3.63, 3.8) is 0 Å². The zero-order chi connectivity index (χ0) is 13.1. The Hall–Kier alpha value is -2.49. The Morgan fingerprint density at radius 3 is 2.21 bits per heavy atom. The zero-order valence-electron chi connectivity index (χ0n) is 10.2. The first-order chi connectivity index (χ1) is 9.34. The maximum Gasteiger partial charge on any atom is 0.240 e. The Balaban J connectivity index is 1.92. The molecule has 2 aromatic carbocycles. The maximum atomic E-state index is 14.2. The van der Waals surface area contributed by atoms with E-state index in [1.54, 1.807) is 0 Å². The van der Waals surface area contributed by atoms with Crippen LogP contribution < -0.4 is 0 Å². The second kappa shape index (κ2) is 5.02. The molecule has 0 aliphatic heterocycles. The molecular weight excluding hydrogens is 241 g/mol. The van der Waals surface area contributed by atoms with Gasteiger partial charge in [0, 0.05) is 5.56 Å². The van der Waals surface area contributed by atoms with Crippen LogP contribution in [0.2, 0.25) is 0 Å². The molecule has 19 heavy (non-hydrogen) atoms. The summed E-state index contributed by atoms with van der Waals surface area (Å²) >= 11 is 0. The van der Waals surface area contributed by atoms with Crippen molar-refractivity contribution in [2.24, 2.45) is 0 Å². The third-order valence-electron chi connectivity index (χ3n) is 2.90. The van der Waals surface area contributed by atoms with Crippen molar-refractivity contribution in [3.8, 4) is 11.3 Å². The highest BCUT2D eigenvalue weighted by Gasteiger charge is 2.14. The Morgan fingerprint density at radius 1 is 0.895 bits per heavy atom. The molecule has 0 fully saturated rings. The minimum Gasteiger partial charge on any atom is -0.214 e. The lowest BCUT2D eigenvalue weighted by Gasteiger charge is -2.01. The Labute approximate surface area is 110 Å². The number of rotatable bonds is 3. The first-order valence-corrected chi connectivity index (χ1v) is 6.03. The van der Waals surface area contributed by atoms with Gasteiger partial charge in [0.15, 0.2) is 0 Å². The monoisotopic (exact) mass is 253 g/mol. The number of benzene rings is 2. The molecule has 1 aromatic heterocycles. The predicted octanol–water partition coefficient (Wildman–Crippen LogP) is 3.13. The van der Waals surface area contributed by atoms with E-state index < -0.39 is 5.95 Å². The van der Waals surface area contributed by atoms with Crippen molar-refractivity contribution in [1.82, 2.24) is 15.0 Å². The molecule has 0 bridgehead atoms. The van der Waals surface area contributed by atoms with Crippen LogP contribution in [0, 0.1) is 5.95 Å². The molecule has 1 heterocycles. The van der Waals surface area contributed by atoms with Gasteiger partial charge < -0.3 is 0 Å².